The van der Waals surface area contributed by atoms with Crippen LogP contribution < -0.4 is 10.2 Å². The summed E-state index contributed by atoms with van der Waals surface area (Å²) in [5, 5.41) is 6.96. The number of rotatable bonds is 4. The zero-order valence-corrected chi connectivity index (χ0v) is 15.5. The van der Waals surface area contributed by atoms with E-state index >= 15 is 0 Å². The Balaban J connectivity index is 1.36. The van der Waals surface area contributed by atoms with Gasteiger partial charge in [-0.15, -0.1) is 11.3 Å². The predicted molar refractivity (Wildman–Crippen MR) is 101 cm³/mol. The summed E-state index contributed by atoms with van der Waals surface area (Å²) in [5.74, 6) is 0.541. The summed E-state index contributed by atoms with van der Waals surface area (Å²) in [6.07, 6.45) is 4.15. The van der Waals surface area contributed by atoms with Crippen LogP contribution in [-0.2, 0) is 0 Å². The number of nitrogens with zero attached hydrogens (tertiary/aromatic N) is 3. The Labute approximate surface area is 156 Å². The molecule has 1 atom stereocenters. The third kappa shape index (κ3) is 3.75. The van der Waals surface area contributed by atoms with Crippen LogP contribution >= 0.6 is 22.9 Å². The van der Waals surface area contributed by atoms with E-state index in [9.17, 15) is 4.79 Å². The standard InChI is InChI=1S/C18H21ClN4OS/c19-14-3-1-2-4-15(14)22-8-10-23(11-9-22)18(24)21-16(13-5-6-13)17-20-7-12-25-17/h1-4,7,12-13,16H,5-6,8-11H2,(H,21,24). The van der Waals surface area contributed by atoms with E-state index in [1.807, 2.05) is 40.7 Å². The fourth-order valence-corrected chi connectivity index (χ4v) is 4.32. The summed E-state index contributed by atoms with van der Waals surface area (Å²) in [6, 6.07) is 7.95. The van der Waals surface area contributed by atoms with Gasteiger partial charge in [-0.3, -0.25) is 0 Å². The number of nitrogens with one attached hydrogen (secondary N) is 1. The second-order valence-electron chi connectivity index (χ2n) is 6.56. The number of carbonyl (C=O) groups excluding carboxylic acids is 1. The number of hydrogen-bond donors (Lipinski definition) is 1. The van der Waals surface area contributed by atoms with Gasteiger partial charge in [0.15, 0.2) is 0 Å². The molecule has 1 aliphatic heterocycles. The maximum atomic E-state index is 12.7. The predicted octanol–water partition coefficient (Wildman–Crippen LogP) is 3.78. The highest BCUT2D eigenvalue weighted by atomic mass is 35.5. The van der Waals surface area contributed by atoms with Crippen molar-refractivity contribution in [3.8, 4) is 0 Å². The Hall–Kier alpha value is -1.79. The Morgan fingerprint density at radius 3 is 2.64 bits per heavy atom. The van der Waals surface area contributed by atoms with Gasteiger partial charge in [-0.05, 0) is 30.9 Å². The van der Waals surface area contributed by atoms with E-state index in [0.29, 0.717) is 19.0 Å². The van der Waals surface area contributed by atoms with Crippen molar-refractivity contribution in [2.75, 3.05) is 31.1 Å². The molecule has 2 aliphatic rings. The van der Waals surface area contributed by atoms with Gasteiger partial charge in [0.1, 0.15) is 5.01 Å². The lowest BCUT2D eigenvalue weighted by atomic mass is 10.2. The number of anilines is 1. The van der Waals surface area contributed by atoms with E-state index < -0.39 is 0 Å². The van der Waals surface area contributed by atoms with Crippen LogP contribution in [0.15, 0.2) is 35.8 Å². The minimum Gasteiger partial charge on any atom is -0.367 e. The van der Waals surface area contributed by atoms with Crippen LogP contribution in [0.25, 0.3) is 0 Å². The van der Waals surface area contributed by atoms with Crippen molar-refractivity contribution in [1.29, 1.82) is 0 Å². The number of amides is 2. The molecule has 7 heteroatoms. The van der Waals surface area contributed by atoms with Gasteiger partial charge in [-0.25, -0.2) is 9.78 Å². The quantitative estimate of drug-likeness (QED) is 0.883. The molecule has 0 bridgehead atoms. The molecule has 1 N–H and O–H groups in total. The molecule has 1 aliphatic carbocycles. The van der Waals surface area contributed by atoms with Crippen LogP contribution in [0.3, 0.4) is 0 Å². The summed E-state index contributed by atoms with van der Waals surface area (Å²) in [4.78, 5) is 21.2. The second-order valence-corrected chi connectivity index (χ2v) is 7.89. The van der Waals surface area contributed by atoms with Crippen molar-refractivity contribution >= 4 is 34.7 Å². The van der Waals surface area contributed by atoms with Crippen molar-refractivity contribution in [3.05, 3.63) is 45.9 Å². The van der Waals surface area contributed by atoms with Crippen LogP contribution in [0.1, 0.15) is 23.9 Å². The smallest absolute Gasteiger partial charge is 0.318 e. The van der Waals surface area contributed by atoms with Crippen LogP contribution in [0, 0.1) is 5.92 Å². The normalized spacial score (nSPS) is 18.9. The Bertz CT molecular complexity index is 726. The van der Waals surface area contributed by atoms with Crippen molar-refractivity contribution in [2.24, 2.45) is 5.92 Å². The first-order valence-electron chi connectivity index (χ1n) is 8.66. The van der Waals surface area contributed by atoms with E-state index in [-0.39, 0.29) is 12.1 Å². The van der Waals surface area contributed by atoms with Crippen LogP contribution in [0.2, 0.25) is 5.02 Å². The number of urea groups is 1. The van der Waals surface area contributed by atoms with Gasteiger partial charge in [0.2, 0.25) is 0 Å². The summed E-state index contributed by atoms with van der Waals surface area (Å²) < 4.78 is 0. The molecule has 2 heterocycles. The largest absolute Gasteiger partial charge is 0.367 e. The molecule has 5 nitrogen and oxygen atoms in total. The zero-order chi connectivity index (χ0) is 17.2. The molecule has 132 valence electrons. The van der Waals surface area contributed by atoms with Crippen LogP contribution in [0.5, 0.6) is 0 Å². The fraction of sp³-hybridized carbons (Fsp3) is 0.444. The lowest BCUT2D eigenvalue weighted by Gasteiger charge is -2.37. The molecular weight excluding hydrogens is 356 g/mol. The van der Waals surface area contributed by atoms with Crippen molar-refractivity contribution in [2.45, 2.75) is 18.9 Å². The van der Waals surface area contributed by atoms with Gasteiger partial charge in [0, 0.05) is 37.8 Å². The Morgan fingerprint density at radius 1 is 1.24 bits per heavy atom. The second kappa shape index (κ2) is 7.22. The van der Waals surface area contributed by atoms with Crippen LogP contribution in [0.4, 0.5) is 10.5 Å². The molecule has 0 spiro atoms. The number of piperazine rings is 1. The average Bonchev–Trinajstić information content (AvgIpc) is 3.34. The molecule has 1 saturated heterocycles. The summed E-state index contributed by atoms with van der Waals surface area (Å²) in [5.41, 5.74) is 1.04. The maximum Gasteiger partial charge on any atom is 0.318 e. The van der Waals surface area contributed by atoms with E-state index in [1.54, 1.807) is 11.3 Å². The SMILES string of the molecule is O=C(NC(c1nccs1)C1CC1)N1CCN(c2ccccc2Cl)CC1. The van der Waals surface area contributed by atoms with Gasteiger partial charge < -0.3 is 15.1 Å². The number of aromatic nitrogens is 1. The van der Waals surface area contributed by atoms with Gasteiger partial charge in [0.05, 0.1) is 16.8 Å². The highest BCUT2D eigenvalue weighted by Gasteiger charge is 2.36. The Kier molecular flexibility index (Phi) is 4.81. The van der Waals surface area contributed by atoms with Crippen LogP contribution in [-0.4, -0.2) is 42.1 Å². The van der Waals surface area contributed by atoms with E-state index in [4.69, 9.17) is 11.6 Å². The first kappa shape index (κ1) is 16.7. The molecule has 2 fully saturated rings. The minimum atomic E-state index is 0.0194. The average molecular weight is 377 g/mol. The number of thiazole rings is 1. The molecule has 1 aromatic heterocycles. The summed E-state index contributed by atoms with van der Waals surface area (Å²) in [7, 11) is 0. The highest BCUT2D eigenvalue weighted by molar-refractivity contribution is 7.09. The topological polar surface area (TPSA) is 48.5 Å². The molecule has 1 saturated carbocycles. The number of benzene rings is 1. The summed E-state index contributed by atoms with van der Waals surface area (Å²) >= 11 is 7.90. The number of para-hydroxylation sites is 1. The monoisotopic (exact) mass is 376 g/mol. The minimum absolute atomic E-state index is 0.0194. The van der Waals surface area contributed by atoms with Crippen molar-refractivity contribution < 1.29 is 4.79 Å². The highest BCUT2D eigenvalue weighted by Crippen LogP contribution is 2.41. The van der Waals surface area contributed by atoms with Gasteiger partial charge in [-0.1, -0.05) is 23.7 Å². The number of carbonyl (C=O) groups is 1. The third-order valence-electron chi connectivity index (χ3n) is 4.85. The van der Waals surface area contributed by atoms with Crippen molar-refractivity contribution in [1.82, 2.24) is 15.2 Å². The molecular formula is C18H21ClN4OS. The van der Waals surface area contributed by atoms with Gasteiger partial charge in [-0.2, -0.15) is 0 Å². The maximum absolute atomic E-state index is 12.7. The zero-order valence-electron chi connectivity index (χ0n) is 13.9. The van der Waals surface area contributed by atoms with Gasteiger partial charge >= 0.3 is 6.03 Å². The van der Waals surface area contributed by atoms with Gasteiger partial charge in [0.25, 0.3) is 0 Å². The first-order chi connectivity index (χ1) is 12.2. The van der Waals surface area contributed by atoms with Crippen molar-refractivity contribution in [3.63, 3.8) is 0 Å². The fourth-order valence-electron chi connectivity index (χ4n) is 3.28. The summed E-state index contributed by atoms with van der Waals surface area (Å²) in [6.45, 7) is 2.99. The molecule has 0 radical (unpaired) electrons. The number of halogens is 1. The molecule has 2 aromatic rings. The molecule has 1 aromatic carbocycles. The molecule has 4 rings (SSSR count). The number of hydrogen-bond acceptors (Lipinski definition) is 4. The molecule has 1 unspecified atom stereocenters. The van der Waals surface area contributed by atoms with E-state index in [2.05, 4.69) is 15.2 Å². The van der Waals surface area contributed by atoms with E-state index in [1.165, 1.54) is 12.8 Å². The lowest BCUT2D eigenvalue weighted by Crippen LogP contribution is -2.52. The first-order valence-corrected chi connectivity index (χ1v) is 9.92. The molecule has 2 amide bonds. The molecule has 25 heavy (non-hydrogen) atoms. The third-order valence-corrected chi connectivity index (χ3v) is 6.03. The Morgan fingerprint density at radius 2 is 2.00 bits per heavy atom. The lowest BCUT2D eigenvalue weighted by molar-refractivity contribution is 0.188. The van der Waals surface area contributed by atoms with E-state index in [0.717, 1.165) is 28.8 Å².